The Labute approximate surface area is 165 Å². The van der Waals surface area contributed by atoms with E-state index in [-0.39, 0.29) is 0 Å². The number of nitrogen functional groups attached to an aromatic ring is 1. The third-order valence-corrected chi connectivity index (χ3v) is 6.51. The van der Waals surface area contributed by atoms with Crippen LogP contribution in [-0.4, -0.2) is 9.78 Å². The monoisotopic (exact) mass is 382 g/mol. The minimum absolute atomic E-state index is 0.654. The number of nitrogens with two attached hydrogens (primary N) is 1. The highest BCUT2D eigenvalue weighted by molar-refractivity contribution is 7.94. The highest BCUT2D eigenvalue weighted by atomic mass is 32.2. The highest BCUT2D eigenvalue weighted by Gasteiger charge is 2.28. The van der Waals surface area contributed by atoms with Gasteiger partial charge in [0, 0.05) is 18.4 Å². The average Bonchev–Trinajstić information content (AvgIpc) is 3.40. The van der Waals surface area contributed by atoms with E-state index in [1.54, 1.807) is 6.26 Å². The fraction of sp³-hybridized carbons (Fsp3) is 0.524. The van der Waals surface area contributed by atoms with Gasteiger partial charge in [-0.1, -0.05) is 18.9 Å². The lowest BCUT2D eigenvalue weighted by molar-refractivity contribution is 0.503. The first-order valence-corrected chi connectivity index (χ1v) is 10.7. The van der Waals surface area contributed by atoms with Gasteiger partial charge in [0.1, 0.15) is 12.0 Å². The molecule has 1 aromatic carbocycles. The standard InChI is InChI=1S/C21H26N4OS/c22-14-26-27-19-10-12-25(24-19)11-3-1-2-5-15-8-9-17-13-16-6-4-7-18(16)21(23)20(15)17/h10,12-13,15H,1-9,11,23H2. The summed E-state index contributed by atoms with van der Waals surface area (Å²) in [5, 5.41) is 13.5. The van der Waals surface area contributed by atoms with Gasteiger partial charge in [0.05, 0.1) is 0 Å². The number of aryl methyl sites for hydroxylation is 3. The average molecular weight is 383 g/mol. The van der Waals surface area contributed by atoms with Crippen LogP contribution in [0.1, 0.15) is 66.7 Å². The van der Waals surface area contributed by atoms with Gasteiger partial charge in [0.15, 0.2) is 5.03 Å². The second-order valence-corrected chi connectivity index (χ2v) is 8.37. The van der Waals surface area contributed by atoms with Crippen molar-refractivity contribution in [1.29, 1.82) is 5.26 Å². The Morgan fingerprint density at radius 2 is 2.19 bits per heavy atom. The minimum Gasteiger partial charge on any atom is -0.398 e. The number of rotatable bonds is 8. The maximum absolute atomic E-state index is 8.41. The molecule has 0 fully saturated rings. The fourth-order valence-electron chi connectivity index (χ4n) is 4.72. The summed E-state index contributed by atoms with van der Waals surface area (Å²) in [6.45, 7) is 0.907. The van der Waals surface area contributed by atoms with Crippen molar-refractivity contribution in [3.63, 3.8) is 0 Å². The number of anilines is 1. The molecule has 5 nitrogen and oxygen atoms in total. The van der Waals surface area contributed by atoms with Crippen molar-refractivity contribution in [3.05, 3.63) is 40.6 Å². The number of hydrogen-bond donors (Lipinski definition) is 1. The van der Waals surface area contributed by atoms with E-state index in [4.69, 9.17) is 11.0 Å². The summed E-state index contributed by atoms with van der Waals surface area (Å²) < 4.78 is 6.56. The Kier molecular flexibility index (Phi) is 5.58. The maximum Gasteiger partial charge on any atom is 0.300 e. The van der Waals surface area contributed by atoms with Gasteiger partial charge in [-0.05, 0) is 79.2 Å². The molecule has 1 atom stereocenters. The summed E-state index contributed by atoms with van der Waals surface area (Å²) in [4.78, 5) is 0. The zero-order valence-electron chi connectivity index (χ0n) is 15.6. The van der Waals surface area contributed by atoms with Crippen LogP contribution >= 0.6 is 12.0 Å². The van der Waals surface area contributed by atoms with Crippen LogP contribution in [0.2, 0.25) is 0 Å². The maximum atomic E-state index is 8.41. The molecule has 27 heavy (non-hydrogen) atoms. The second kappa shape index (κ2) is 8.26. The molecule has 1 heterocycles. The van der Waals surface area contributed by atoms with E-state index in [0.717, 1.165) is 35.7 Å². The van der Waals surface area contributed by atoms with E-state index in [9.17, 15) is 0 Å². The quantitative estimate of drug-likeness (QED) is 0.308. The molecule has 0 saturated carbocycles. The number of unbranched alkanes of at least 4 members (excludes halogenated alkanes) is 2. The lowest BCUT2D eigenvalue weighted by atomic mass is 9.90. The zero-order valence-corrected chi connectivity index (χ0v) is 16.4. The van der Waals surface area contributed by atoms with Crippen molar-refractivity contribution in [2.75, 3.05) is 5.73 Å². The van der Waals surface area contributed by atoms with Gasteiger partial charge < -0.3 is 9.92 Å². The Hall–Kier alpha value is -2.13. The molecule has 4 rings (SSSR count). The minimum atomic E-state index is 0.654. The van der Waals surface area contributed by atoms with Crippen molar-refractivity contribution in [2.45, 2.75) is 75.3 Å². The fourth-order valence-corrected chi connectivity index (χ4v) is 5.10. The molecule has 6 heteroatoms. The summed E-state index contributed by atoms with van der Waals surface area (Å²) in [5.41, 5.74) is 13.7. The van der Waals surface area contributed by atoms with Crippen LogP contribution in [0.3, 0.4) is 0 Å². The number of benzene rings is 1. The summed E-state index contributed by atoms with van der Waals surface area (Å²) >= 11 is 1.00. The van der Waals surface area contributed by atoms with Crippen molar-refractivity contribution in [2.24, 2.45) is 0 Å². The molecule has 2 aliphatic rings. The van der Waals surface area contributed by atoms with E-state index >= 15 is 0 Å². The summed E-state index contributed by atoms with van der Waals surface area (Å²) in [6, 6.07) is 4.33. The Bertz CT molecular complexity index is 855. The SMILES string of the molecule is N#COSc1ccn(CCCCCC2CCc3cc4c(c(N)c32)CCC4)n1. The Morgan fingerprint density at radius 1 is 1.26 bits per heavy atom. The second-order valence-electron chi connectivity index (χ2n) is 7.61. The van der Waals surface area contributed by atoms with Crippen molar-refractivity contribution in [1.82, 2.24) is 9.78 Å². The molecule has 2 aliphatic carbocycles. The van der Waals surface area contributed by atoms with E-state index in [1.165, 1.54) is 73.6 Å². The van der Waals surface area contributed by atoms with Crippen molar-refractivity contribution >= 4 is 17.7 Å². The topological polar surface area (TPSA) is 76.9 Å². The molecular weight excluding hydrogens is 356 g/mol. The number of nitriles is 1. The van der Waals surface area contributed by atoms with Crippen molar-refractivity contribution < 1.29 is 4.18 Å². The van der Waals surface area contributed by atoms with Crippen LogP contribution in [0.4, 0.5) is 5.69 Å². The molecule has 0 aliphatic heterocycles. The molecule has 0 bridgehead atoms. The van der Waals surface area contributed by atoms with Crippen molar-refractivity contribution in [3.8, 4) is 6.26 Å². The lowest BCUT2D eigenvalue weighted by Crippen LogP contribution is -2.04. The lowest BCUT2D eigenvalue weighted by Gasteiger charge is -2.17. The third-order valence-electron chi connectivity index (χ3n) is 5.96. The number of aromatic nitrogens is 2. The summed E-state index contributed by atoms with van der Waals surface area (Å²) in [7, 11) is 0. The van der Waals surface area contributed by atoms with Gasteiger partial charge in [-0.25, -0.2) is 0 Å². The van der Waals surface area contributed by atoms with Gasteiger partial charge in [-0.3, -0.25) is 4.68 Å². The van der Waals surface area contributed by atoms with Crippen LogP contribution in [0.5, 0.6) is 0 Å². The molecule has 2 aromatic rings. The summed E-state index contributed by atoms with van der Waals surface area (Å²) in [5.74, 6) is 0.654. The smallest absolute Gasteiger partial charge is 0.300 e. The van der Waals surface area contributed by atoms with Gasteiger partial charge >= 0.3 is 0 Å². The van der Waals surface area contributed by atoms with Crippen LogP contribution in [0.15, 0.2) is 23.4 Å². The van der Waals surface area contributed by atoms with Crippen LogP contribution < -0.4 is 5.73 Å². The molecule has 0 spiro atoms. The van der Waals surface area contributed by atoms with Crippen LogP contribution in [0.25, 0.3) is 0 Å². The molecule has 1 aromatic heterocycles. The number of fused-ring (bicyclic) bond motifs is 2. The Morgan fingerprint density at radius 3 is 3.07 bits per heavy atom. The van der Waals surface area contributed by atoms with E-state index in [0.29, 0.717) is 5.92 Å². The predicted octanol–water partition coefficient (Wildman–Crippen LogP) is 4.75. The van der Waals surface area contributed by atoms with Crippen LogP contribution in [0, 0.1) is 11.5 Å². The highest BCUT2D eigenvalue weighted by Crippen LogP contribution is 2.44. The van der Waals surface area contributed by atoms with Crippen LogP contribution in [-0.2, 0) is 30.0 Å². The molecule has 142 valence electrons. The molecule has 0 saturated heterocycles. The zero-order chi connectivity index (χ0) is 18.6. The normalized spacial score (nSPS) is 17.5. The molecule has 2 N–H and O–H groups in total. The first kappa shape index (κ1) is 18.2. The van der Waals surface area contributed by atoms with Gasteiger partial charge in [0.25, 0.3) is 6.26 Å². The molecular formula is C21H26N4OS. The number of hydrogen-bond acceptors (Lipinski definition) is 5. The largest absolute Gasteiger partial charge is 0.398 e. The first-order valence-electron chi connectivity index (χ1n) is 9.95. The number of nitrogens with zero attached hydrogens (tertiary/aromatic N) is 3. The van der Waals surface area contributed by atoms with E-state index in [1.807, 2.05) is 16.9 Å². The third kappa shape index (κ3) is 3.93. The van der Waals surface area contributed by atoms with E-state index in [2.05, 4.69) is 15.3 Å². The van der Waals surface area contributed by atoms with Gasteiger partial charge in [0.2, 0.25) is 0 Å². The Balaban J connectivity index is 1.24. The predicted molar refractivity (Wildman–Crippen MR) is 107 cm³/mol. The van der Waals surface area contributed by atoms with E-state index < -0.39 is 0 Å². The molecule has 0 amide bonds. The summed E-state index contributed by atoms with van der Waals surface area (Å²) in [6.07, 6.45) is 14.5. The van der Waals surface area contributed by atoms with Gasteiger partial charge in [-0.2, -0.15) is 5.10 Å². The van der Waals surface area contributed by atoms with Gasteiger partial charge in [-0.15, -0.1) is 5.26 Å². The molecule has 0 radical (unpaired) electrons. The first-order chi connectivity index (χ1) is 13.3. The molecule has 1 unspecified atom stereocenters.